The Morgan fingerprint density at radius 3 is 1.11 bits per heavy atom. The van der Waals surface area contributed by atoms with Gasteiger partial charge in [0.2, 0.25) is 0 Å². The molecule has 1 fully saturated rings. The minimum atomic E-state index is 0.0229. The first-order valence-corrected chi connectivity index (χ1v) is 18.8. The van der Waals surface area contributed by atoms with Crippen LogP contribution >= 0.6 is 0 Å². The quantitative estimate of drug-likeness (QED) is 0.173. The van der Waals surface area contributed by atoms with Crippen LogP contribution in [0.4, 0.5) is 0 Å². The first kappa shape index (κ1) is 35.1. The predicted octanol–water partition coefficient (Wildman–Crippen LogP) is 7.43. The van der Waals surface area contributed by atoms with Gasteiger partial charge in [0.15, 0.2) is 0 Å². The normalized spacial score (nSPS) is 23.2. The van der Waals surface area contributed by atoms with E-state index < -0.39 is 0 Å². The van der Waals surface area contributed by atoms with Gasteiger partial charge in [-0.25, -0.2) is 9.98 Å². The van der Waals surface area contributed by atoms with Gasteiger partial charge in [0.1, 0.15) is 23.0 Å². The van der Waals surface area contributed by atoms with Crippen LogP contribution < -0.4 is 35.0 Å². The van der Waals surface area contributed by atoms with Gasteiger partial charge in [0, 0.05) is 45.1 Å². The number of fused-ring (bicyclic) bond motifs is 6. The van der Waals surface area contributed by atoms with Crippen molar-refractivity contribution >= 4 is 33.7 Å². The largest absolute Gasteiger partial charge is 0.497 e. The summed E-state index contributed by atoms with van der Waals surface area (Å²) in [5.74, 6) is 3.21. The summed E-state index contributed by atoms with van der Waals surface area (Å²) in [7, 11) is 6.77. The van der Waals surface area contributed by atoms with E-state index in [1.54, 1.807) is 28.4 Å². The molecule has 9 rings (SSSR count). The fraction of sp³-hybridized carbons (Fsp3) is 0.167. The summed E-state index contributed by atoms with van der Waals surface area (Å²) >= 11 is 0. The molecule has 2 atom stereocenters. The molecule has 4 aliphatic rings. The van der Waals surface area contributed by atoms with E-state index in [2.05, 4.69) is 95.3 Å². The lowest BCUT2D eigenvalue weighted by molar-refractivity contribution is 0.414. The number of allylic oxidation sites excluding steroid dienone is 4. The van der Waals surface area contributed by atoms with Crippen LogP contribution in [0.5, 0.6) is 23.0 Å². The third-order valence-electron chi connectivity index (χ3n) is 11.0. The van der Waals surface area contributed by atoms with Crippen LogP contribution in [0.1, 0.15) is 35.1 Å². The summed E-state index contributed by atoms with van der Waals surface area (Å²) in [5, 5.41) is 5.95. The average Bonchev–Trinajstić information content (AvgIpc) is 4.10. The second-order valence-corrected chi connectivity index (χ2v) is 14.1. The molecule has 1 saturated heterocycles. The number of aliphatic imine (C=N–C) groups is 2. The Morgan fingerprint density at radius 1 is 0.429 bits per heavy atom. The summed E-state index contributed by atoms with van der Waals surface area (Å²) in [6.07, 6.45) is 10.4. The number of benzene rings is 4. The molecule has 0 radical (unpaired) electrons. The minimum Gasteiger partial charge on any atom is -0.497 e. The minimum absolute atomic E-state index is 0.0229. The zero-order valence-electron chi connectivity index (χ0n) is 31.8. The molecule has 4 aliphatic heterocycles. The van der Waals surface area contributed by atoms with Gasteiger partial charge in [-0.3, -0.25) is 0 Å². The second kappa shape index (κ2) is 14.9. The average molecular weight is 739 g/mol. The fourth-order valence-electron chi connectivity index (χ4n) is 8.18. The van der Waals surface area contributed by atoms with Crippen LogP contribution in [0.25, 0.3) is 22.3 Å². The Labute approximate surface area is 326 Å². The molecule has 5 aromatic rings. The molecule has 1 aromatic heterocycles. The van der Waals surface area contributed by atoms with Crippen molar-refractivity contribution in [2.75, 3.05) is 28.4 Å². The van der Waals surface area contributed by atoms with Crippen LogP contribution in [0, 0.1) is 0 Å². The lowest BCUT2D eigenvalue weighted by atomic mass is 9.94. The van der Waals surface area contributed by atoms with Crippen LogP contribution in [-0.4, -0.2) is 56.9 Å². The van der Waals surface area contributed by atoms with Crippen LogP contribution in [0.3, 0.4) is 0 Å². The van der Waals surface area contributed by atoms with Crippen molar-refractivity contribution in [1.82, 2.24) is 10.3 Å². The number of methoxy groups -OCH3 is 4. The van der Waals surface area contributed by atoms with Crippen LogP contribution in [0.15, 0.2) is 155 Å². The van der Waals surface area contributed by atoms with Crippen LogP contribution in [-0.2, 0) is 0 Å². The Balaban J connectivity index is 1.34. The molecule has 8 heteroatoms. The van der Waals surface area contributed by atoms with Gasteiger partial charge >= 0.3 is 0 Å². The highest BCUT2D eigenvalue weighted by Crippen LogP contribution is 2.39. The van der Waals surface area contributed by atoms with E-state index in [1.807, 2.05) is 48.5 Å². The fourth-order valence-corrected chi connectivity index (χ4v) is 8.18. The molecule has 0 spiro atoms. The van der Waals surface area contributed by atoms with Crippen molar-refractivity contribution in [1.29, 1.82) is 0 Å². The zero-order chi connectivity index (χ0) is 38.2. The van der Waals surface area contributed by atoms with Crippen molar-refractivity contribution in [3.05, 3.63) is 178 Å². The van der Waals surface area contributed by atoms with Gasteiger partial charge in [-0.05, 0) is 120 Å². The van der Waals surface area contributed by atoms with E-state index in [1.165, 1.54) is 0 Å². The van der Waals surface area contributed by atoms with Crippen molar-refractivity contribution in [2.45, 2.75) is 24.9 Å². The molecule has 0 amide bonds. The highest BCUT2D eigenvalue weighted by atomic mass is 16.5. The van der Waals surface area contributed by atoms with Crippen molar-refractivity contribution < 1.29 is 18.9 Å². The number of aromatic nitrogens is 1. The molecule has 2 unspecified atom stereocenters. The molecule has 278 valence electrons. The molecule has 4 aromatic carbocycles. The number of nitrogens with one attached hydrogen (secondary N) is 2. The maximum atomic E-state index is 5.56. The van der Waals surface area contributed by atoms with Crippen molar-refractivity contribution in [3.8, 4) is 23.0 Å². The lowest BCUT2D eigenvalue weighted by Gasteiger charge is -2.22. The highest BCUT2D eigenvalue weighted by molar-refractivity contribution is 6.31. The van der Waals surface area contributed by atoms with Crippen molar-refractivity contribution in [3.63, 3.8) is 0 Å². The number of ether oxygens (including phenoxy) is 4. The number of hydrogen-bond acceptors (Lipinski definition) is 7. The van der Waals surface area contributed by atoms with Gasteiger partial charge < -0.3 is 29.2 Å². The van der Waals surface area contributed by atoms with Crippen molar-refractivity contribution in [2.24, 2.45) is 9.98 Å². The molecular weight excluding hydrogens is 697 g/mol. The smallest absolute Gasteiger partial charge is 0.118 e. The second-order valence-electron chi connectivity index (χ2n) is 14.1. The van der Waals surface area contributed by atoms with Gasteiger partial charge in [-0.15, -0.1) is 0 Å². The van der Waals surface area contributed by atoms with E-state index in [0.717, 1.165) is 114 Å². The number of H-pyrrole nitrogens is 1. The highest BCUT2D eigenvalue weighted by Gasteiger charge is 2.34. The number of hydrogen-bond donors (Lipinski definition) is 2. The molecule has 8 bridgehead atoms. The van der Waals surface area contributed by atoms with E-state index >= 15 is 0 Å². The van der Waals surface area contributed by atoms with Gasteiger partial charge in [0.25, 0.3) is 0 Å². The standard InChI is InChI=1S/C48H42N4O4/c1-53-33-13-5-29(6-14-33)45-37-21-23-39(49-37)46(30-7-15-34(54-2)16-8-30)41-25-27-43(51-41)48(32-11-19-36(56-4)20-12-32)44-28-26-42(52-44)47(40-24-22-38(45)50-40)31-9-17-35(55-3)18-10-31/h5-25,27,42,44,49,52H,26,28H2,1-4H3/b45-37-,46-39-,47-40-,48-43-. The molecule has 0 aliphatic carbocycles. The lowest BCUT2D eigenvalue weighted by Crippen LogP contribution is -2.32. The third-order valence-corrected chi connectivity index (χ3v) is 11.0. The summed E-state index contributed by atoms with van der Waals surface area (Å²) in [6.45, 7) is 0. The Hall–Kier alpha value is -6.64. The Morgan fingerprint density at radius 2 is 0.768 bits per heavy atom. The molecular formula is C48H42N4O4. The summed E-state index contributed by atoms with van der Waals surface area (Å²) in [4.78, 5) is 14.7. The summed E-state index contributed by atoms with van der Waals surface area (Å²) in [5.41, 5.74) is 12.1. The van der Waals surface area contributed by atoms with E-state index in [-0.39, 0.29) is 12.1 Å². The van der Waals surface area contributed by atoms with Crippen LogP contribution in [0.2, 0.25) is 0 Å². The topological polar surface area (TPSA) is 89.5 Å². The van der Waals surface area contributed by atoms with Gasteiger partial charge in [0.05, 0.1) is 51.3 Å². The Bertz CT molecular complexity index is 2440. The molecule has 8 nitrogen and oxygen atoms in total. The van der Waals surface area contributed by atoms with Gasteiger partial charge in [-0.2, -0.15) is 0 Å². The summed E-state index contributed by atoms with van der Waals surface area (Å²) in [6, 6.07) is 37.3. The number of aromatic amines is 1. The summed E-state index contributed by atoms with van der Waals surface area (Å²) < 4.78 is 22.2. The molecule has 2 N–H and O–H groups in total. The maximum absolute atomic E-state index is 5.56. The Kier molecular flexibility index (Phi) is 9.33. The third kappa shape index (κ3) is 6.48. The molecule has 56 heavy (non-hydrogen) atoms. The number of rotatable bonds is 8. The van der Waals surface area contributed by atoms with E-state index in [0.29, 0.717) is 0 Å². The maximum Gasteiger partial charge on any atom is 0.118 e. The van der Waals surface area contributed by atoms with E-state index in [4.69, 9.17) is 28.9 Å². The monoisotopic (exact) mass is 738 g/mol. The first-order valence-electron chi connectivity index (χ1n) is 18.8. The molecule has 5 heterocycles. The van der Waals surface area contributed by atoms with E-state index in [9.17, 15) is 0 Å². The molecule has 0 saturated carbocycles. The zero-order valence-corrected chi connectivity index (χ0v) is 31.8. The predicted molar refractivity (Wildman–Crippen MR) is 224 cm³/mol. The number of nitrogens with zero attached hydrogens (tertiary/aromatic N) is 2. The SMILES string of the molecule is COc1ccc(/C2=C3\C=CC(=N3)/C(c3ccc(OC)cc3)=c3/cc/c([nH]3)=C(\c3ccc(OC)cc3)C3=N/C(=C(/c4ccc(OC)cc4)C4CCC2N4)C=C3)cc1. The first-order chi connectivity index (χ1) is 27.5. The van der Waals surface area contributed by atoms with Gasteiger partial charge in [-0.1, -0.05) is 48.5 Å².